The molecule has 1 aliphatic heterocycles. The van der Waals surface area contributed by atoms with E-state index in [4.69, 9.17) is 9.31 Å². The number of benzene rings is 3. The second-order valence-electron chi connectivity index (χ2n) is 16.0. The normalized spacial score (nSPS) is 23.2. The maximum absolute atomic E-state index is 6.73. The van der Waals surface area contributed by atoms with Crippen molar-refractivity contribution >= 4 is 45.9 Å². The second-order valence-corrected chi connectivity index (χ2v) is 16.0. The molecule has 2 aliphatic carbocycles. The molecule has 0 saturated carbocycles. The smallest absolute Gasteiger partial charge is 0.505 e. The summed E-state index contributed by atoms with van der Waals surface area (Å²) in [4.78, 5) is 0. The molecule has 1 saturated heterocycles. The van der Waals surface area contributed by atoms with Gasteiger partial charge in [-0.2, -0.15) is 0 Å². The summed E-state index contributed by atoms with van der Waals surface area (Å²) in [5, 5.41) is 5.33. The molecular weight excluding hydrogens is 595 g/mol. The van der Waals surface area contributed by atoms with E-state index in [1.165, 1.54) is 71.6 Å². The van der Waals surface area contributed by atoms with Gasteiger partial charge in [-0.15, -0.1) is 0 Å². The average Bonchev–Trinajstić information content (AvgIpc) is 3.31. The molecule has 1 N–H and O–H groups in total. The number of aliphatic hydroxyl groups is 1. The van der Waals surface area contributed by atoms with E-state index in [1.807, 2.05) is 0 Å². The number of hydrogen-bond donors (Lipinski definition) is 0. The quantitative estimate of drug-likeness (QED) is 0.103. The van der Waals surface area contributed by atoms with Gasteiger partial charge >= 0.3 is 7.12 Å². The van der Waals surface area contributed by atoms with Crippen LogP contribution >= 0.6 is 0 Å². The predicted octanol–water partition coefficient (Wildman–Crippen LogP) is 12.7. The van der Waals surface area contributed by atoms with Crippen LogP contribution in [0.15, 0.2) is 89.5 Å². The molecule has 1 heterocycles. The molecule has 2 nitrogen and oxygen atoms in total. The van der Waals surface area contributed by atoms with Crippen molar-refractivity contribution in [2.45, 2.75) is 119 Å². The monoisotopic (exact) mass is 653 g/mol. The summed E-state index contributed by atoms with van der Waals surface area (Å²) in [6, 6.07) is 14.1. The van der Waals surface area contributed by atoms with Crippen molar-refractivity contribution < 1.29 is 9.31 Å². The minimum atomic E-state index is -0.324. The Labute approximate surface area is 296 Å². The molecule has 49 heavy (non-hydrogen) atoms. The van der Waals surface area contributed by atoms with Gasteiger partial charge in [-0.3, -0.25) is 0 Å². The van der Waals surface area contributed by atoms with Gasteiger partial charge in [-0.1, -0.05) is 107 Å². The van der Waals surface area contributed by atoms with Gasteiger partial charge in [0.15, 0.2) is 5.60 Å². The van der Waals surface area contributed by atoms with E-state index in [2.05, 4.69) is 155 Å². The number of allylic oxidation sites excluding steroid dienone is 11. The van der Waals surface area contributed by atoms with Crippen molar-refractivity contribution in [1.29, 1.82) is 0 Å². The maximum Gasteiger partial charge on any atom is 0.728 e. The van der Waals surface area contributed by atoms with Crippen LogP contribution in [0.2, 0.25) is 0 Å². The highest BCUT2D eigenvalue weighted by atomic mass is 16.7. The van der Waals surface area contributed by atoms with Crippen LogP contribution < -0.4 is 0 Å². The number of hydrogen-bond acceptors (Lipinski definition) is 1. The zero-order valence-electron chi connectivity index (χ0n) is 32.0. The van der Waals surface area contributed by atoms with Gasteiger partial charge in [0, 0.05) is 19.3 Å². The van der Waals surface area contributed by atoms with Crippen LogP contribution in [0.5, 0.6) is 0 Å². The van der Waals surface area contributed by atoms with Gasteiger partial charge in [-0.25, -0.2) is 0 Å². The molecule has 0 bridgehead atoms. The first kappa shape index (κ1) is 35.4. The lowest BCUT2D eigenvalue weighted by Crippen LogP contribution is -2.43. The Morgan fingerprint density at radius 3 is 2.33 bits per heavy atom. The van der Waals surface area contributed by atoms with Gasteiger partial charge in [0.25, 0.3) is 0 Å². The highest BCUT2D eigenvalue weighted by molar-refractivity contribution is 6.55. The van der Waals surface area contributed by atoms with Crippen LogP contribution in [0.4, 0.5) is 0 Å². The molecule has 3 aliphatic rings. The Morgan fingerprint density at radius 2 is 1.69 bits per heavy atom. The third-order valence-electron chi connectivity index (χ3n) is 12.1. The third-order valence-corrected chi connectivity index (χ3v) is 12.1. The fraction of sp³-hybridized carbons (Fsp3) is 0.435. The third kappa shape index (κ3) is 6.50. The fourth-order valence-electron chi connectivity index (χ4n) is 8.15. The van der Waals surface area contributed by atoms with Crippen LogP contribution in [0, 0.1) is 11.8 Å². The van der Waals surface area contributed by atoms with E-state index in [9.17, 15) is 0 Å². The molecule has 6 rings (SSSR count). The molecule has 1 fully saturated rings. The van der Waals surface area contributed by atoms with Crippen molar-refractivity contribution in [1.82, 2.24) is 0 Å². The van der Waals surface area contributed by atoms with E-state index in [1.54, 1.807) is 0 Å². The summed E-state index contributed by atoms with van der Waals surface area (Å²) in [6.45, 7) is 24.9. The summed E-state index contributed by atoms with van der Waals surface area (Å²) in [7, 11) is -0.226. The SMILES string of the molecule is C\C=C/C(=C\C=C(/C)c1cc2c(cc(C3=CC=C(CC)C[C@H]3C)c3ccccc32)c2c1C(C)CC(B1OC(C)(C)C(C)(C)[OH+]1)=C2)[C@H](C)CC. The van der Waals surface area contributed by atoms with Gasteiger partial charge in [0.05, 0.1) is 0 Å². The summed E-state index contributed by atoms with van der Waals surface area (Å²) in [5.74, 6) is 1.32. The molecule has 0 radical (unpaired) electrons. The van der Waals surface area contributed by atoms with Crippen LogP contribution in [-0.2, 0) is 4.65 Å². The zero-order valence-corrected chi connectivity index (χ0v) is 32.0. The lowest BCUT2D eigenvalue weighted by Gasteiger charge is -2.29. The highest BCUT2D eigenvalue weighted by Gasteiger charge is 2.60. The van der Waals surface area contributed by atoms with Crippen LogP contribution in [0.3, 0.4) is 0 Å². The zero-order chi connectivity index (χ0) is 35.2. The maximum atomic E-state index is 6.73. The van der Waals surface area contributed by atoms with Gasteiger partial charge in [0.1, 0.15) is 5.60 Å². The summed E-state index contributed by atoms with van der Waals surface area (Å²) in [6.07, 6.45) is 20.7. The Kier molecular flexibility index (Phi) is 9.93. The molecule has 0 spiro atoms. The molecule has 1 unspecified atom stereocenters. The standard InChI is InChI=1S/C46H57BO2/c1-12-17-34(29(4)13-2)22-20-30(5)39-27-41-38-19-16-15-18-37(38)40(36-23-21-33(14-3)24-31(36)6)28-42(41)43-26-35(25-32(7)44(39)43)47-48-45(8,9)46(10,11)49-47/h12,15-23,26-29,31-32H,13-14,24-25H2,1-11H3/p+1/b17-12-,30-20+,34-22+/t29-,31-,32?/m1/s1. The van der Waals surface area contributed by atoms with E-state index in [0.29, 0.717) is 17.8 Å². The molecule has 3 heteroatoms. The molecule has 3 aromatic carbocycles. The Balaban J connectivity index is 1.65. The fourth-order valence-corrected chi connectivity index (χ4v) is 8.15. The van der Waals surface area contributed by atoms with Crippen molar-refractivity contribution in [3.8, 4) is 0 Å². The van der Waals surface area contributed by atoms with Crippen LogP contribution in [0.1, 0.15) is 130 Å². The van der Waals surface area contributed by atoms with Crippen LogP contribution in [-0.4, -0.2) is 23.0 Å². The molecule has 0 amide bonds. The van der Waals surface area contributed by atoms with E-state index >= 15 is 0 Å². The molecular formula is C46H58BO2+. The van der Waals surface area contributed by atoms with Crippen LogP contribution in [0.25, 0.3) is 38.8 Å². The highest BCUT2D eigenvalue weighted by Crippen LogP contribution is 2.48. The topological polar surface area (TPSA) is 22.0 Å². The Bertz CT molecular complexity index is 1940. The first-order chi connectivity index (χ1) is 23.3. The lowest BCUT2D eigenvalue weighted by molar-refractivity contribution is -0.0708. The largest absolute Gasteiger partial charge is 0.728 e. The Morgan fingerprint density at radius 1 is 0.959 bits per heavy atom. The minimum absolute atomic E-state index is 0.226. The Hall–Kier alpha value is -3.40. The summed E-state index contributed by atoms with van der Waals surface area (Å²) < 4.78 is 12.0. The van der Waals surface area contributed by atoms with E-state index < -0.39 is 0 Å². The first-order valence-electron chi connectivity index (χ1n) is 18.8. The second kappa shape index (κ2) is 13.7. The predicted molar refractivity (Wildman–Crippen MR) is 216 cm³/mol. The van der Waals surface area contributed by atoms with Crippen molar-refractivity contribution in [2.75, 3.05) is 0 Å². The summed E-state index contributed by atoms with van der Waals surface area (Å²) >= 11 is 0. The van der Waals surface area contributed by atoms with E-state index in [-0.39, 0.29) is 18.3 Å². The molecule has 3 aromatic rings. The van der Waals surface area contributed by atoms with E-state index in [0.717, 1.165) is 25.7 Å². The first-order valence-corrected chi connectivity index (χ1v) is 18.8. The lowest BCUT2D eigenvalue weighted by atomic mass is 9.66. The molecule has 256 valence electrons. The number of fused-ring (bicyclic) bond motifs is 5. The molecule has 0 aromatic heterocycles. The average molecular weight is 654 g/mol. The van der Waals surface area contributed by atoms with Crippen molar-refractivity contribution in [2.24, 2.45) is 11.8 Å². The molecule has 3 atom stereocenters. The van der Waals surface area contributed by atoms with Crippen molar-refractivity contribution in [3.63, 3.8) is 0 Å². The summed E-state index contributed by atoms with van der Waals surface area (Å²) in [5.41, 5.74) is 11.9. The van der Waals surface area contributed by atoms with Crippen molar-refractivity contribution in [3.05, 3.63) is 112 Å². The van der Waals surface area contributed by atoms with Gasteiger partial charge < -0.3 is 9.31 Å². The van der Waals surface area contributed by atoms with Gasteiger partial charge in [0.2, 0.25) is 0 Å². The van der Waals surface area contributed by atoms with Gasteiger partial charge in [-0.05, 0) is 144 Å². The number of rotatable bonds is 8. The minimum Gasteiger partial charge on any atom is -0.505 e.